The van der Waals surface area contributed by atoms with Crippen LogP contribution in [0.25, 0.3) is 0 Å². The van der Waals surface area contributed by atoms with E-state index in [0.717, 1.165) is 16.8 Å². The number of hydrogen-bond donors (Lipinski definition) is 2. The van der Waals surface area contributed by atoms with Gasteiger partial charge in [-0.2, -0.15) is 5.10 Å². The summed E-state index contributed by atoms with van der Waals surface area (Å²) in [5, 5.41) is 6.75. The Morgan fingerprint density at radius 1 is 0.967 bits per heavy atom. The predicted molar refractivity (Wildman–Crippen MR) is 116 cm³/mol. The predicted octanol–water partition coefficient (Wildman–Crippen LogP) is 3.20. The molecule has 0 spiro atoms. The van der Waals surface area contributed by atoms with E-state index >= 15 is 0 Å². The van der Waals surface area contributed by atoms with E-state index in [-0.39, 0.29) is 24.7 Å². The van der Waals surface area contributed by atoms with Crippen LogP contribution in [0, 0.1) is 13.8 Å². The van der Waals surface area contributed by atoms with Crippen molar-refractivity contribution < 1.29 is 23.8 Å². The van der Waals surface area contributed by atoms with Gasteiger partial charge in [0.1, 0.15) is 0 Å². The number of nitrogens with zero attached hydrogens (tertiary/aromatic N) is 1. The van der Waals surface area contributed by atoms with Crippen molar-refractivity contribution in [3.8, 4) is 17.2 Å². The van der Waals surface area contributed by atoms with Gasteiger partial charge in [0.25, 0.3) is 0 Å². The lowest BCUT2D eigenvalue weighted by Crippen LogP contribution is -2.21. The van der Waals surface area contributed by atoms with Crippen molar-refractivity contribution >= 4 is 23.7 Å². The number of hydrogen-bond acceptors (Lipinski definition) is 6. The average molecular weight is 413 g/mol. The van der Waals surface area contributed by atoms with Gasteiger partial charge < -0.3 is 19.5 Å². The van der Waals surface area contributed by atoms with Crippen LogP contribution in [-0.4, -0.2) is 39.4 Å². The lowest BCUT2D eigenvalue weighted by Gasteiger charge is -2.12. The molecule has 2 rings (SSSR count). The summed E-state index contributed by atoms with van der Waals surface area (Å²) in [6.45, 7) is 3.92. The molecule has 30 heavy (non-hydrogen) atoms. The summed E-state index contributed by atoms with van der Waals surface area (Å²) in [6.07, 6.45) is 1.53. The second-order valence-electron chi connectivity index (χ2n) is 6.55. The first-order chi connectivity index (χ1) is 14.4. The Labute approximate surface area is 176 Å². The van der Waals surface area contributed by atoms with Crippen LogP contribution >= 0.6 is 0 Å². The molecule has 0 atom stereocenters. The van der Waals surface area contributed by atoms with Crippen molar-refractivity contribution in [3.05, 3.63) is 47.0 Å². The van der Waals surface area contributed by atoms with E-state index in [0.29, 0.717) is 22.8 Å². The molecule has 2 aromatic carbocycles. The van der Waals surface area contributed by atoms with Crippen molar-refractivity contribution in [2.75, 3.05) is 26.6 Å². The number of amides is 2. The van der Waals surface area contributed by atoms with Gasteiger partial charge in [0, 0.05) is 24.1 Å². The van der Waals surface area contributed by atoms with E-state index in [1.165, 1.54) is 27.5 Å². The van der Waals surface area contributed by atoms with E-state index in [1.807, 2.05) is 32.0 Å². The molecule has 0 fully saturated rings. The summed E-state index contributed by atoms with van der Waals surface area (Å²) >= 11 is 0. The maximum atomic E-state index is 12.1. The van der Waals surface area contributed by atoms with Crippen LogP contribution in [0.1, 0.15) is 29.5 Å². The largest absolute Gasteiger partial charge is 0.493 e. The van der Waals surface area contributed by atoms with E-state index in [4.69, 9.17) is 14.2 Å². The number of carbonyl (C=O) groups is 2. The number of carbonyl (C=O) groups excluding carboxylic acids is 2. The molecule has 0 aliphatic rings. The Balaban J connectivity index is 1.89. The zero-order valence-electron chi connectivity index (χ0n) is 17.9. The van der Waals surface area contributed by atoms with Gasteiger partial charge >= 0.3 is 0 Å². The minimum atomic E-state index is -0.366. The van der Waals surface area contributed by atoms with Crippen LogP contribution in [0.3, 0.4) is 0 Å². The fraction of sp³-hybridized carbons (Fsp3) is 0.318. The normalized spacial score (nSPS) is 10.6. The van der Waals surface area contributed by atoms with Crippen LogP contribution < -0.4 is 25.0 Å². The minimum absolute atomic E-state index is 0.0172. The van der Waals surface area contributed by atoms with Gasteiger partial charge in [0.15, 0.2) is 11.5 Å². The molecule has 0 unspecified atom stereocenters. The second kappa shape index (κ2) is 10.8. The Bertz CT molecular complexity index is 915. The molecule has 2 amide bonds. The van der Waals surface area contributed by atoms with Crippen LogP contribution in [0.15, 0.2) is 35.4 Å². The number of anilines is 1. The summed E-state index contributed by atoms with van der Waals surface area (Å²) in [7, 11) is 4.55. The van der Waals surface area contributed by atoms with Gasteiger partial charge in [-0.05, 0) is 43.2 Å². The number of ether oxygens (including phenoxy) is 3. The van der Waals surface area contributed by atoms with Gasteiger partial charge in [-0.1, -0.05) is 12.1 Å². The first kappa shape index (κ1) is 22.7. The third kappa shape index (κ3) is 5.97. The molecule has 0 aromatic heterocycles. The summed E-state index contributed by atoms with van der Waals surface area (Å²) in [5.41, 5.74) is 5.91. The number of aryl methyl sites for hydroxylation is 1. The molecule has 160 valence electrons. The Morgan fingerprint density at radius 2 is 1.60 bits per heavy atom. The number of nitrogens with one attached hydrogen (secondary N) is 2. The van der Waals surface area contributed by atoms with Crippen LogP contribution in [0.2, 0.25) is 0 Å². The fourth-order valence-electron chi connectivity index (χ4n) is 2.74. The fourth-order valence-corrected chi connectivity index (χ4v) is 2.74. The molecular weight excluding hydrogens is 386 g/mol. The molecule has 8 heteroatoms. The number of hydrazone groups is 1. The summed E-state index contributed by atoms with van der Waals surface area (Å²) in [5.74, 6) is 0.832. The van der Waals surface area contributed by atoms with Crippen molar-refractivity contribution in [2.45, 2.75) is 26.7 Å². The highest BCUT2D eigenvalue weighted by Crippen LogP contribution is 2.37. The molecular formula is C22H27N3O5. The lowest BCUT2D eigenvalue weighted by atomic mass is 10.1. The first-order valence-corrected chi connectivity index (χ1v) is 9.37. The summed E-state index contributed by atoms with van der Waals surface area (Å²) in [6, 6.07) is 9.10. The highest BCUT2D eigenvalue weighted by Gasteiger charge is 2.12. The second-order valence-corrected chi connectivity index (χ2v) is 6.55. The van der Waals surface area contributed by atoms with Gasteiger partial charge in [0.2, 0.25) is 17.6 Å². The number of rotatable bonds is 9. The van der Waals surface area contributed by atoms with Crippen LogP contribution in [-0.2, 0) is 9.59 Å². The van der Waals surface area contributed by atoms with Gasteiger partial charge in [-0.3, -0.25) is 9.59 Å². The van der Waals surface area contributed by atoms with Gasteiger partial charge in [-0.15, -0.1) is 0 Å². The Hall–Kier alpha value is -3.55. The smallest absolute Gasteiger partial charge is 0.240 e. The number of methoxy groups -OCH3 is 3. The maximum absolute atomic E-state index is 12.1. The highest BCUT2D eigenvalue weighted by atomic mass is 16.5. The molecule has 0 aliphatic carbocycles. The monoisotopic (exact) mass is 413 g/mol. The van der Waals surface area contributed by atoms with Crippen molar-refractivity contribution in [1.82, 2.24) is 5.43 Å². The van der Waals surface area contributed by atoms with Gasteiger partial charge in [-0.25, -0.2) is 5.43 Å². The molecule has 0 bridgehead atoms. The maximum Gasteiger partial charge on any atom is 0.240 e. The Kier molecular flexibility index (Phi) is 8.22. The molecule has 2 aromatic rings. The summed E-state index contributed by atoms with van der Waals surface area (Å²) < 4.78 is 15.8. The molecule has 0 saturated heterocycles. The first-order valence-electron chi connectivity index (χ1n) is 9.37. The van der Waals surface area contributed by atoms with E-state index in [2.05, 4.69) is 15.8 Å². The number of benzene rings is 2. The minimum Gasteiger partial charge on any atom is -0.493 e. The van der Waals surface area contributed by atoms with Crippen molar-refractivity contribution in [2.24, 2.45) is 5.10 Å². The van der Waals surface area contributed by atoms with E-state index in [9.17, 15) is 9.59 Å². The van der Waals surface area contributed by atoms with E-state index < -0.39 is 0 Å². The zero-order chi connectivity index (χ0) is 22.1. The molecule has 8 nitrogen and oxygen atoms in total. The molecule has 0 radical (unpaired) electrons. The standard InChI is InChI=1S/C22H27N3O5/c1-14-7-6-8-17(15(14)2)24-20(26)9-10-21(27)25-23-13-16-11-18(28-3)22(30-5)19(12-16)29-4/h6-8,11-13H,9-10H2,1-5H3,(H,24,26)(H,25,27). The molecule has 0 saturated carbocycles. The molecule has 2 N–H and O–H groups in total. The van der Waals surface area contributed by atoms with Crippen molar-refractivity contribution in [3.63, 3.8) is 0 Å². The molecule has 0 heterocycles. The topological polar surface area (TPSA) is 98.2 Å². The molecule has 0 aliphatic heterocycles. The highest BCUT2D eigenvalue weighted by molar-refractivity contribution is 5.94. The average Bonchev–Trinajstić information content (AvgIpc) is 2.74. The van der Waals surface area contributed by atoms with Crippen LogP contribution in [0.4, 0.5) is 5.69 Å². The summed E-state index contributed by atoms with van der Waals surface area (Å²) in [4.78, 5) is 24.1. The van der Waals surface area contributed by atoms with E-state index in [1.54, 1.807) is 12.1 Å². The zero-order valence-corrected chi connectivity index (χ0v) is 17.9. The lowest BCUT2D eigenvalue weighted by molar-refractivity contribution is -0.124. The van der Waals surface area contributed by atoms with Crippen LogP contribution in [0.5, 0.6) is 17.2 Å². The SMILES string of the molecule is COc1cc(C=NNC(=O)CCC(=O)Nc2cccc(C)c2C)cc(OC)c1OC. The third-order valence-electron chi connectivity index (χ3n) is 4.55. The van der Waals surface area contributed by atoms with Crippen molar-refractivity contribution in [1.29, 1.82) is 0 Å². The quantitative estimate of drug-likeness (QED) is 0.486. The Morgan fingerprint density at radius 3 is 2.20 bits per heavy atom. The van der Waals surface area contributed by atoms with Gasteiger partial charge in [0.05, 0.1) is 27.5 Å². The third-order valence-corrected chi connectivity index (χ3v) is 4.55.